The van der Waals surface area contributed by atoms with Crippen LogP contribution >= 0.6 is 0 Å². The predicted octanol–water partition coefficient (Wildman–Crippen LogP) is 5.15. The molecule has 21 heavy (non-hydrogen) atoms. The van der Waals surface area contributed by atoms with Crippen molar-refractivity contribution in [3.05, 3.63) is 48.0 Å². The van der Waals surface area contributed by atoms with Gasteiger partial charge in [0.2, 0.25) is 0 Å². The summed E-state index contributed by atoms with van der Waals surface area (Å²) < 4.78 is 0. The van der Waals surface area contributed by atoms with Crippen LogP contribution in [0.3, 0.4) is 0 Å². The summed E-state index contributed by atoms with van der Waals surface area (Å²) in [5, 5.41) is 6.43. The first-order chi connectivity index (χ1) is 10.4. The van der Waals surface area contributed by atoms with E-state index >= 15 is 0 Å². The van der Waals surface area contributed by atoms with E-state index in [9.17, 15) is 0 Å². The van der Waals surface area contributed by atoms with Crippen molar-refractivity contribution < 1.29 is 0 Å². The fraction of sp³-hybridized carbons (Fsp3) is 0.500. The van der Waals surface area contributed by atoms with Crippen molar-refractivity contribution in [2.24, 2.45) is 11.8 Å². The highest BCUT2D eigenvalue weighted by molar-refractivity contribution is 5.85. The van der Waals surface area contributed by atoms with Gasteiger partial charge in [0, 0.05) is 6.54 Å². The molecule has 0 atom stereocenters. The average molecular weight is 281 g/mol. The number of hydrogen-bond acceptors (Lipinski definition) is 1. The van der Waals surface area contributed by atoms with Crippen LogP contribution in [0.5, 0.6) is 0 Å². The Bertz CT molecular complexity index is 562. The monoisotopic (exact) mass is 281 g/mol. The van der Waals surface area contributed by atoms with Crippen molar-refractivity contribution >= 4 is 10.8 Å². The lowest BCUT2D eigenvalue weighted by atomic mass is 9.81. The van der Waals surface area contributed by atoms with E-state index in [4.69, 9.17) is 0 Å². The zero-order valence-corrected chi connectivity index (χ0v) is 13.1. The minimum Gasteiger partial charge on any atom is -0.312 e. The molecular weight excluding hydrogens is 254 g/mol. The summed E-state index contributed by atoms with van der Waals surface area (Å²) in [5.41, 5.74) is 1.43. The molecule has 0 heterocycles. The first-order valence-electron chi connectivity index (χ1n) is 8.54. The van der Waals surface area contributed by atoms with Gasteiger partial charge in [-0.3, -0.25) is 0 Å². The molecule has 1 aliphatic rings. The molecule has 0 bridgehead atoms. The third kappa shape index (κ3) is 3.65. The van der Waals surface area contributed by atoms with Gasteiger partial charge in [0.25, 0.3) is 0 Å². The molecule has 3 rings (SSSR count). The zero-order valence-electron chi connectivity index (χ0n) is 13.1. The summed E-state index contributed by atoms with van der Waals surface area (Å²) in [6.07, 6.45) is 7.09. The Morgan fingerprint density at radius 2 is 1.62 bits per heavy atom. The lowest BCUT2D eigenvalue weighted by molar-refractivity contribution is 0.262. The maximum absolute atomic E-state index is 3.70. The van der Waals surface area contributed by atoms with E-state index in [-0.39, 0.29) is 0 Å². The van der Waals surface area contributed by atoms with Gasteiger partial charge in [-0.05, 0) is 47.6 Å². The third-order valence-electron chi connectivity index (χ3n) is 5.17. The minimum atomic E-state index is 0.891. The summed E-state index contributed by atoms with van der Waals surface area (Å²) >= 11 is 0. The quantitative estimate of drug-likeness (QED) is 0.799. The fourth-order valence-corrected chi connectivity index (χ4v) is 3.70. The molecule has 1 N–H and O–H groups in total. The fourth-order valence-electron chi connectivity index (χ4n) is 3.70. The highest BCUT2D eigenvalue weighted by atomic mass is 14.9. The number of rotatable bonds is 5. The Morgan fingerprint density at radius 3 is 2.43 bits per heavy atom. The standard InChI is InChI=1S/C20H27N/c1-2-16-10-12-17(13-11-16)14-21-15-19-8-5-7-18-6-3-4-9-20(18)19/h3-9,16-17,21H,2,10-15H2,1H3. The van der Waals surface area contributed by atoms with Crippen LogP contribution in [0.2, 0.25) is 0 Å². The van der Waals surface area contributed by atoms with Crippen molar-refractivity contribution in [2.75, 3.05) is 6.54 Å². The Hall–Kier alpha value is -1.34. The molecule has 1 nitrogen and oxygen atoms in total. The largest absolute Gasteiger partial charge is 0.312 e. The molecule has 0 unspecified atom stereocenters. The van der Waals surface area contributed by atoms with Gasteiger partial charge in [0.05, 0.1) is 0 Å². The van der Waals surface area contributed by atoms with Crippen LogP contribution in [0.4, 0.5) is 0 Å². The molecule has 112 valence electrons. The second kappa shape index (κ2) is 7.09. The molecule has 0 aromatic heterocycles. The topological polar surface area (TPSA) is 12.0 Å². The highest BCUT2D eigenvalue weighted by Gasteiger charge is 2.19. The molecule has 0 saturated heterocycles. The first-order valence-corrected chi connectivity index (χ1v) is 8.54. The molecular formula is C20H27N. The molecule has 2 aromatic rings. The molecule has 1 fully saturated rings. The van der Waals surface area contributed by atoms with Gasteiger partial charge in [0.1, 0.15) is 0 Å². The lowest BCUT2D eigenvalue weighted by Gasteiger charge is -2.28. The van der Waals surface area contributed by atoms with E-state index in [2.05, 4.69) is 54.7 Å². The van der Waals surface area contributed by atoms with E-state index in [1.165, 1.54) is 55.0 Å². The normalized spacial score (nSPS) is 22.5. The summed E-state index contributed by atoms with van der Waals surface area (Å²) in [7, 11) is 0. The van der Waals surface area contributed by atoms with Crippen LogP contribution in [0.25, 0.3) is 10.8 Å². The van der Waals surface area contributed by atoms with E-state index in [1.807, 2.05) is 0 Å². The van der Waals surface area contributed by atoms with Gasteiger partial charge in [-0.25, -0.2) is 0 Å². The van der Waals surface area contributed by atoms with Gasteiger partial charge < -0.3 is 5.32 Å². The summed E-state index contributed by atoms with van der Waals surface area (Å²) in [6, 6.07) is 15.3. The second-order valence-corrected chi connectivity index (χ2v) is 6.56. The van der Waals surface area contributed by atoms with Crippen LogP contribution in [0.1, 0.15) is 44.6 Å². The maximum Gasteiger partial charge on any atom is 0.0211 e. The molecule has 2 aromatic carbocycles. The Balaban J connectivity index is 1.53. The van der Waals surface area contributed by atoms with Crippen molar-refractivity contribution in [1.29, 1.82) is 0 Å². The SMILES string of the molecule is CCC1CCC(CNCc2cccc3ccccc23)CC1. The summed E-state index contributed by atoms with van der Waals surface area (Å²) in [6.45, 7) is 4.51. The minimum absolute atomic E-state index is 0.891. The Kier molecular flexibility index (Phi) is 4.92. The van der Waals surface area contributed by atoms with Gasteiger partial charge in [0.15, 0.2) is 0 Å². The molecule has 0 radical (unpaired) electrons. The van der Waals surface area contributed by atoms with Crippen molar-refractivity contribution in [2.45, 2.75) is 45.6 Å². The van der Waals surface area contributed by atoms with Gasteiger partial charge in [-0.15, -0.1) is 0 Å². The Morgan fingerprint density at radius 1 is 0.905 bits per heavy atom. The number of fused-ring (bicyclic) bond motifs is 1. The van der Waals surface area contributed by atoms with Crippen LogP contribution < -0.4 is 5.32 Å². The predicted molar refractivity (Wildman–Crippen MR) is 91.4 cm³/mol. The Labute approximate surface area is 128 Å². The number of hydrogen-bond donors (Lipinski definition) is 1. The third-order valence-corrected chi connectivity index (χ3v) is 5.17. The molecule has 1 aliphatic carbocycles. The van der Waals surface area contributed by atoms with E-state index in [0.29, 0.717) is 0 Å². The molecule has 0 aliphatic heterocycles. The summed E-state index contributed by atoms with van der Waals surface area (Å²) in [4.78, 5) is 0. The highest BCUT2D eigenvalue weighted by Crippen LogP contribution is 2.30. The second-order valence-electron chi connectivity index (χ2n) is 6.56. The van der Waals surface area contributed by atoms with Crippen LogP contribution in [0, 0.1) is 11.8 Å². The van der Waals surface area contributed by atoms with Gasteiger partial charge in [-0.2, -0.15) is 0 Å². The maximum atomic E-state index is 3.70. The smallest absolute Gasteiger partial charge is 0.0211 e. The van der Waals surface area contributed by atoms with E-state index in [1.54, 1.807) is 0 Å². The van der Waals surface area contributed by atoms with Gasteiger partial charge in [-0.1, -0.05) is 68.7 Å². The molecule has 0 amide bonds. The number of benzene rings is 2. The van der Waals surface area contributed by atoms with Gasteiger partial charge >= 0.3 is 0 Å². The van der Waals surface area contributed by atoms with Crippen LogP contribution in [-0.4, -0.2) is 6.54 Å². The molecule has 1 heteroatoms. The average Bonchev–Trinajstić information content (AvgIpc) is 2.56. The molecule has 1 saturated carbocycles. The first kappa shape index (κ1) is 14.6. The van der Waals surface area contributed by atoms with Crippen molar-refractivity contribution in [3.63, 3.8) is 0 Å². The van der Waals surface area contributed by atoms with Crippen molar-refractivity contribution in [1.82, 2.24) is 5.32 Å². The van der Waals surface area contributed by atoms with Crippen LogP contribution in [0.15, 0.2) is 42.5 Å². The number of nitrogens with one attached hydrogen (secondary N) is 1. The lowest BCUT2D eigenvalue weighted by Crippen LogP contribution is -2.26. The van der Waals surface area contributed by atoms with E-state index < -0.39 is 0 Å². The molecule has 0 spiro atoms. The zero-order chi connectivity index (χ0) is 14.5. The van der Waals surface area contributed by atoms with Crippen LogP contribution in [-0.2, 0) is 6.54 Å². The van der Waals surface area contributed by atoms with E-state index in [0.717, 1.165) is 18.4 Å². The summed E-state index contributed by atoms with van der Waals surface area (Å²) in [5.74, 6) is 1.89. The van der Waals surface area contributed by atoms with Crippen molar-refractivity contribution in [3.8, 4) is 0 Å².